The summed E-state index contributed by atoms with van der Waals surface area (Å²) >= 11 is 0. The van der Waals surface area contributed by atoms with Crippen molar-refractivity contribution >= 4 is 5.91 Å². The van der Waals surface area contributed by atoms with Crippen molar-refractivity contribution in [3.05, 3.63) is 30.1 Å². The monoisotopic (exact) mass is 235 g/mol. The van der Waals surface area contributed by atoms with Crippen molar-refractivity contribution in [3.8, 4) is 0 Å². The molecule has 0 aliphatic heterocycles. The van der Waals surface area contributed by atoms with Crippen LogP contribution in [0.25, 0.3) is 0 Å². The van der Waals surface area contributed by atoms with Gasteiger partial charge in [-0.15, -0.1) is 0 Å². The summed E-state index contributed by atoms with van der Waals surface area (Å²) in [6.07, 6.45) is 4.23. The van der Waals surface area contributed by atoms with Gasteiger partial charge in [-0.1, -0.05) is 26.8 Å². The van der Waals surface area contributed by atoms with Crippen molar-refractivity contribution in [1.29, 1.82) is 0 Å². The summed E-state index contributed by atoms with van der Waals surface area (Å²) in [5, 5.41) is 3.18. The van der Waals surface area contributed by atoms with Crippen LogP contribution in [0.5, 0.6) is 0 Å². The largest absolute Gasteiger partial charge is 0.368 e. The predicted molar refractivity (Wildman–Crippen MR) is 68.1 cm³/mol. The van der Waals surface area contributed by atoms with E-state index in [9.17, 15) is 4.79 Å². The van der Waals surface area contributed by atoms with Crippen molar-refractivity contribution in [2.45, 2.75) is 39.8 Å². The smallest absolute Gasteiger partial charge is 0.234 e. The van der Waals surface area contributed by atoms with Crippen molar-refractivity contribution in [2.24, 2.45) is 11.1 Å². The summed E-state index contributed by atoms with van der Waals surface area (Å²) in [7, 11) is 0. The third kappa shape index (κ3) is 5.45. The first-order valence-electron chi connectivity index (χ1n) is 5.80. The van der Waals surface area contributed by atoms with Gasteiger partial charge in [0.1, 0.15) is 0 Å². The second kappa shape index (κ2) is 5.77. The number of primary amides is 1. The van der Waals surface area contributed by atoms with Crippen LogP contribution in [0.15, 0.2) is 24.5 Å². The fraction of sp³-hybridized carbons (Fsp3) is 0.538. The Bertz CT molecular complexity index is 357. The number of rotatable bonds is 5. The molecule has 1 unspecified atom stereocenters. The zero-order valence-corrected chi connectivity index (χ0v) is 10.7. The van der Waals surface area contributed by atoms with Crippen LogP contribution in [0.4, 0.5) is 0 Å². The maximum atomic E-state index is 11.3. The Labute approximate surface area is 103 Å². The van der Waals surface area contributed by atoms with Crippen LogP contribution in [-0.2, 0) is 11.3 Å². The summed E-state index contributed by atoms with van der Waals surface area (Å²) in [6, 6.07) is 3.55. The van der Waals surface area contributed by atoms with Crippen LogP contribution in [-0.4, -0.2) is 16.9 Å². The van der Waals surface area contributed by atoms with E-state index >= 15 is 0 Å². The molecule has 0 saturated carbocycles. The maximum Gasteiger partial charge on any atom is 0.234 e. The van der Waals surface area contributed by atoms with Gasteiger partial charge in [0.05, 0.1) is 6.04 Å². The highest BCUT2D eigenvalue weighted by atomic mass is 16.1. The predicted octanol–water partition coefficient (Wildman–Crippen LogP) is 1.46. The van der Waals surface area contributed by atoms with E-state index < -0.39 is 0 Å². The molecule has 0 aromatic carbocycles. The first-order chi connectivity index (χ1) is 7.88. The minimum atomic E-state index is -0.302. The number of hydrogen-bond donors (Lipinski definition) is 2. The summed E-state index contributed by atoms with van der Waals surface area (Å²) in [5.41, 5.74) is 6.51. The average Bonchev–Trinajstić information content (AvgIpc) is 2.24. The molecular formula is C13H21N3O. The molecule has 0 fully saturated rings. The molecular weight excluding hydrogens is 214 g/mol. The van der Waals surface area contributed by atoms with E-state index in [1.807, 2.05) is 12.1 Å². The lowest BCUT2D eigenvalue weighted by atomic mass is 9.88. The van der Waals surface area contributed by atoms with Gasteiger partial charge in [0, 0.05) is 18.9 Å². The van der Waals surface area contributed by atoms with E-state index in [1.54, 1.807) is 12.4 Å². The number of carbonyl (C=O) groups is 1. The van der Waals surface area contributed by atoms with Gasteiger partial charge < -0.3 is 11.1 Å². The van der Waals surface area contributed by atoms with Gasteiger partial charge in [0.25, 0.3) is 0 Å². The van der Waals surface area contributed by atoms with Gasteiger partial charge in [0.2, 0.25) is 5.91 Å². The number of hydrogen-bond acceptors (Lipinski definition) is 3. The van der Waals surface area contributed by atoms with Gasteiger partial charge in [-0.3, -0.25) is 9.78 Å². The fourth-order valence-corrected chi connectivity index (χ4v) is 1.63. The molecule has 1 aromatic heterocycles. The molecule has 94 valence electrons. The SMILES string of the molecule is CC(C)(C)CC(NCc1cccnc1)C(N)=O. The molecule has 0 aliphatic rings. The van der Waals surface area contributed by atoms with Crippen LogP contribution in [0.2, 0.25) is 0 Å². The lowest BCUT2D eigenvalue weighted by Crippen LogP contribution is -2.43. The zero-order valence-electron chi connectivity index (χ0n) is 10.7. The number of nitrogens with zero attached hydrogens (tertiary/aromatic N) is 1. The standard InChI is InChI=1S/C13H21N3O/c1-13(2,3)7-11(12(14)17)16-9-10-5-4-6-15-8-10/h4-6,8,11,16H,7,9H2,1-3H3,(H2,14,17). The molecule has 1 rings (SSSR count). The van der Waals surface area contributed by atoms with Crippen molar-refractivity contribution in [2.75, 3.05) is 0 Å². The molecule has 4 heteroatoms. The van der Waals surface area contributed by atoms with Crippen LogP contribution >= 0.6 is 0 Å². The molecule has 3 N–H and O–H groups in total. The summed E-state index contributed by atoms with van der Waals surface area (Å²) < 4.78 is 0. The highest BCUT2D eigenvalue weighted by molar-refractivity contribution is 5.79. The van der Waals surface area contributed by atoms with Crippen LogP contribution < -0.4 is 11.1 Å². The van der Waals surface area contributed by atoms with Gasteiger partial charge in [-0.2, -0.15) is 0 Å². The Morgan fingerprint density at radius 2 is 2.24 bits per heavy atom. The number of aromatic nitrogens is 1. The van der Waals surface area contributed by atoms with E-state index in [-0.39, 0.29) is 17.4 Å². The molecule has 1 atom stereocenters. The number of nitrogens with one attached hydrogen (secondary N) is 1. The highest BCUT2D eigenvalue weighted by Gasteiger charge is 2.22. The second-order valence-corrected chi connectivity index (χ2v) is 5.46. The lowest BCUT2D eigenvalue weighted by molar-refractivity contribution is -0.120. The molecule has 4 nitrogen and oxygen atoms in total. The number of carbonyl (C=O) groups excluding carboxylic acids is 1. The topological polar surface area (TPSA) is 68.0 Å². The van der Waals surface area contributed by atoms with E-state index in [0.717, 1.165) is 12.0 Å². The minimum Gasteiger partial charge on any atom is -0.368 e. The molecule has 1 aromatic rings. The molecule has 1 heterocycles. The highest BCUT2D eigenvalue weighted by Crippen LogP contribution is 2.20. The van der Waals surface area contributed by atoms with Crippen molar-refractivity contribution in [1.82, 2.24) is 10.3 Å². The Kier molecular flexibility index (Phi) is 4.63. The van der Waals surface area contributed by atoms with Crippen LogP contribution in [0, 0.1) is 5.41 Å². The first-order valence-corrected chi connectivity index (χ1v) is 5.80. The normalized spacial score (nSPS) is 13.4. The summed E-state index contributed by atoms with van der Waals surface area (Å²) in [5.74, 6) is -0.302. The second-order valence-electron chi connectivity index (χ2n) is 5.46. The van der Waals surface area contributed by atoms with Crippen molar-refractivity contribution < 1.29 is 4.79 Å². The maximum absolute atomic E-state index is 11.3. The van der Waals surface area contributed by atoms with Crippen LogP contribution in [0.3, 0.4) is 0 Å². The average molecular weight is 235 g/mol. The van der Waals surface area contributed by atoms with E-state index in [0.29, 0.717) is 6.54 Å². The Morgan fingerprint density at radius 3 is 2.71 bits per heavy atom. The fourth-order valence-electron chi connectivity index (χ4n) is 1.63. The molecule has 0 aliphatic carbocycles. The molecule has 0 spiro atoms. The molecule has 17 heavy (non-hydrogen) atoms. The van der Waals surface area contributed by atoms with E-state index in [4.69, 9.17) is 5.73 Å². The van der Waals surface area contributed by atoms with E-state index in [1.165, 1.54) is 0 Å². The van der Waals surface area contributed by atoms with Gasteiger partial charge in [0.15, 0.2) is 0 Å². The summed E-state index contributed by atoms with van der Waals surface area (Å²) in [6.45, 7) is 6.88. The first kappa shape index (κ1) is 13.6. The number of amides is 1. The Morgan fingerprint density at radius 1 is 1.53 bits per heavy atom. The zero-order chi connectivity index (χ0) is 12.9. The lowest BCUT2D eigenvalue weighted by Gasteiger charge is -2.24. The molecule has 0 bridgehead atoms. The van der Waals surface area contributed by atoms with Gasteiger partial charge in [-0.05, 0) is 23.5 Å². The third-order valence-electron chi connectivity index (χ3n) is 2.44. The molecule has 0 radical (unpaired) electrons. The van der Waals surface area contributed by atoms with E-state index in [2.05, 4.69) is 31.1 Å². The van der Waals surface area contributed by atoms with Crippen LogP contribution in [0.1, 0.15) is 32.8 Å². The number of pyridine rings is 1. The van der Waals surface area contributed by atoms with Gasteiger partial charge >= 0.3 is 0 Å². The van der Waals surface area contributed by atoms with Gasteiger partial charge in [-0.25, -0.2) is 0 Å². The molecule has 1 amide bonds. The van der Waals surface area contributed by atoms with Crippen molar-refractivity contribution in [3.63, 3.8) is 0 Å². The molecule has 0 saturated heterocycles. The summed E-state index contributed by atoms with van der Waals surface area (Å²) in [4.78, 5) is 15.4. The quantitative estimate of drug-likeness (QED) is 0.812. The Hall–Kier alpha value is -1.42. The minimum absolute atomic E-state index is 0.0711. The Balaban J connectivity index is 2.54. The number of nitrogens with two attached hydrogens (primary N) is 1. The third-order valence-corrected chi connectivity index (χ3v) is 2.44.